The molecule has 18 heavy (non-hydrogen) atoms. The highest BCUT2D eigenvalue weighted by Gasteiger charge is 2.55. The molecule has 0 aromatic rings. The van der Waals surface area contributed by atoms with Gasteiger partial charge in [-0.05, 0) is 56.3 Å². The van der Waals surface area contributed by atoms with Crippen LogP contribution in [-0.2, 0) is 14.3 Å². The standard InChI is InChI=1S/C15H24O3/c1-2-17-9-18-15(16)14-8-10-7-13(14)12-6-4-3-5-11(10)12/h10-14H,2-9H2,1H3. The van der Waals surface area contributed by atoms with Gasteiger partial charge in [0.15, 0.2) is 6.79 Å². The normalized spacial score (nSPS) is 41.7. The Labute approximate surface area is 109 Å². The van der Waals surface area contributed by atoms with Crippen LogP contribution in [0.3, 0.4) is 0 Å². The van der Waals surface area contributed by atoms with Gasteiger partial charge in [0.1, 0.15) is 0 Å². The molecular weight excluding hydrogens is 228 g/mol. The molecule has 3 aliphatic rings. The van der Waals surface area contributed by atoms with Crippen molar-refractivity contribution in [3.05, 3.63) is 0 Å². The smallest absolute Gasteiger partial charge is 0.311 e. The Bertz CT molecular complexity index is 315. The van der Waals surface area contributed by atoms with Gasteiger partial charge in [-0.15, -0.1) is 0 Å². The Morgan fingerprint density at radius 3 is 2.67 bits per heavy atom. The number of hydrogen-bond acceptors (Lipinski definition) is 3. The molecular formula is C15H24O3. The summed E-state index contributed by atoms with van der Waals surface area (Å²) in [5.41, 5.74) is 0. The van der Waals surface area contributed by atoms with E-state index in [9.17, 15) is 4.79 Å². The van der Waals surface area contributed by atoms with Gasteiger partial charge in [0.05, 0.1) is 5.92 Å². The second kappa shape index (κ2) is 5.20. The summed E-state index contributed by atoms with van der Waals surface area (Å²) >= 11 is 0. The zero-order chi connectivity index (χ0) is 12.5. The first-order valence-corrected chi connectivity index (χ1v) is 7.55. The predicted molar refractivity (Wildman–Crippen MR) is 67.7 cm³/mol. The van der Waals surface area contributed by atoms with E-state index in [0.717, 1.165) is 24.2 Å². The van der Waals surface area contributed by atoms with Gasteiger partial charge in [-0.25, -0.2) is 0 Å². The fraction of sp³-hybridized carbons (Fsp3) is 0.933. The number of fused-ring (bicyclic) bond motifs is 5. The molecule has 3 heteroatoms. The number of ether oxygens (including phenoxy) is 2. The lowest BCUT2D eigenvalue weighted by Gasteiger charge is -2.38. The van der Waals surface area contributed by atoms with Crippen LogP contribution in [-0.4, -0.2) is 19.4 Å². The van der Waals surface area contributed by atoms with Crippen LogP contribution < -0.4 is 0 Å². The largest absolute Gasteiger partial charge is 0.438 e. The SMILES string of the molecule is CCOCOC(=O)C1CC2CC1C1CCCCC21. The van der Waals surface area contributed by atoms with Gasteiger partial charge in [-0.1, -0.05) is 12.8 Å². The Morgan fingerprint density at radius 2 is 1.89 bits per heavy atom. The van der Waals surface area contributed by atoms with Crippen LogP contribution in [0.2, 0.25) is 0 Å². The van der Waals surface area contributed by atoms with Gasteiger partial charge in [0.2, 0.25) is 0 Å². The van der Waals surface area contributed by atoms with E-state index in [1.54, 1.807) is 0 Å². The van der Waals surface area contributed by atoms with E-state index in [2.05, 4.69) is 0 Å². The third-order valence-electron chi connectivity index (χ3n) is 5.47. The molecule has 0 N–H and O–H groups in total. The summed E-state index contributed by atoms with van der Waals surface area (Å²) in [5, 5.41) is 0. The van der Waals surface area contributed by atoms with Crippen molar-refractivity contribution < 1.29 is 14.3 Å². The zero-order valence-electron chi connectivity index (χ0n) is 11.3. The topological polar surface area (TPSA) is 35.5 Å². The van der Waals surface area contributed by atoms with Crippen molar-refractivity contribution in [2.45, 2.75) is 45.4 Å². The Morgan fingerprint density at radius 1 is 1.11 bits per heavy atom. The van der Waals surface area contributed by atoms with Crippen molar-refractivity contribution in [2.24, 2.45) is 29.6 Å². The molecule has 3 saturated carbocycles. The molecule has 0 spiro atoms. The lowest BCUT2D eigenvalue weighted by atomic mass is 9.67. The lowest BCUT2D eigenvalue weighted by Crippen LogP contribution is -2.35. The summed E-state index contributed by atoms with van der Waals surface area (Å²) in [4.78, 5) is 12.1. The highest BCUT2D eigenvalue weighted by Crippen LogP contribution is 2.59. The first-order valence-electron chi connectivity index (χ1n) is 7.55. The third-order valence-corrected chi connectivity index (χ3v) is 5.47. The molecule has 0 saturated heterocycles. The van der Waals surface area contributed by atoms with Crippen molar-refractivity contribution in [1.82, 2.24) is 0 Å². The van der Waals surface area contributed by atoms with Crippen molar-refractivity contribution >= 4 is 5.97 Å². The Kier molecular flexibility index (Phi) is 3.60. The molecule has 3 rings (SSSR count). The fourth-order valence-electron chi connectivity index (χ4n) is 4.80. The van der Waals surface area contributed by atoms with Gasteiger partial charge in [0, 0.05) is 6.61 Å². The molecule has 5 unspecified atom stereocenters. The quantitative estimate of drug-likeness (QED) is 0.438. The lowest BCUT2D eigenvalue weighted by molar-refractivity contribution is -0.164. The van der Waals surface area contributed by atoms with Crippen molar-refractivity contribution in [2.75, 3.05) is 13.4 Å². The number of rotatable bonds is 4. The molecule has 5 atom stereocenters. The monoisotopic (exact) mass is 252 g/mol. The van der Waals surface area contributed by atoms with E-state index >= 15 is 0 Å². The minimum Gasteiger partial charge on any atom is -0.438 e. The first kappa shape index (κ1) is 12.5. The number of hydrogen-bond donors (Lipinski definition) is 0. The highest BCUT2D eigenvalue weighted by molar-refractivity contribution is 5.73. The minimum atomic E-state index is -0.0000246. The first-order chi connectivity index (χ1) is 8.81. The van der Waals surface area contributed by atoms with Crippen LogP contribution in [0.4, 0.5) is 0 Å². The number of carbonyl (C=O) groups excluding carboxylic acids is 1. The molecule has 0 radical (unpaired) electrons. The van der Waals surface area contributed by atoms with Crippen LogP contribution in [0.25, 0.3) is 0 Å². The summed E-state index contributed by atoms with van der Waals surface area (Å²) < 4.78 is 10.3. The molecule has 0 aromatic carbocycles. The third kappa shape index (κ3) is 2.07. The van der Waals surface area contributed by atoms with Crippen molar-refractivity contribution in [1.29, 1.82) is 0 Å². The van der Waals surface area contributed by atoms with E-state index in [0.29, 0.717) is 12.5 Å². The van der Waals surface area contributed by atoms with Gasteiger partial charge in [0.25, 0.3) is 0 Å². The van der Waals surface area contributed by atoms with E-state index < -0.39 is 0 Å². The van der Waals surface area contributed by atoms with Gasteiger partial charge >= 0.3 is 5.97 Å². The van der Waals surface area contributed by atoms with Crippen LogP contribution in [0.5, 0.6) is 0 Å². The summed E-state index contributed by atoms with van der Waals surface area (Å²) in [6.07, 6.45) is 7.89. The van der Waals surface area contributed by atoms with E-state index in [4.69, 9.17) is 9.47 Å². The maximum Gasteiger partial charge on any atom is 0.311 e. The highest BCUT2D eigenvalue weighted by atomic mass is 16.7. The Hall–Kier alpha value is -0.570. The van der Waals surface area contributed by atoms with Crippen molar-refractivity contribution in [3.8, 4) is 0 Å². The van der Waals surface area contributed by atoms with Crippen LogP contribution in [0, 0.1) is 29.6 Å². The number of esters is 1. The summed E-state index contributed by atoms with van der Waals surface area (Å²) in [7, 11) is 0. The summed E-state index contributed by atoms with van der Waals surface area (Å²) in [6, 6.07) is 0. The van der Waals surface area contributed by atoms with Crippen LogP contribution in [0.1, 0.15) is 45.4 Å². The molecule has 3 nitrogen and oxygen atoms in total. The molecule has 0 aliphatic heterocycles. The maximum absolute atomic E-state index is 12.1. The number of carbonyl (C=O) groups is 1. The minimum absolute atomic E-state index is 0.0000246. The molecule has 0 heterocycles. The van der Waals surface area contributed by atoms with Crippen LogP contribution >= 0.6 is 0 Å². The van der Waals surface area contributed by atoms with Gasteiger partial charge < -0.3 is 9.47 Å². The summed E-state index contributed by atoms with van der Waals surface area (Å²) in [5.74, 6) is 3.36. The second-order valence-corrected chi connectivity index (χ2v) is 6.19. The van der Waals surface area contributed by atoms with Crippen molar-refractivity contribution in [3.63, 3.8) is 0 Å². The fourth-order valence-corrected chi connectivity index (χ4v) is 4.80. The average molecular weight is 252 g/mol. The Balaban J connectivity index is 1.58. The molecule has 0 amide bonds. The zero-order valence-corrected chi connectivity index (χ0v) is 11.3. The van der Waals surface area contributed by atoms with Gasteiger partial charge in [-0.2, -0.15) is 0 Å². The maximum atomic E-state index is 12.1. The molecule has 0 aromatic heterocycles. The predicted octanol–water partition coefficient (Wildman–Crippen LogP) is 2.99. The molecule has 3 aliphatic carbocycles. The molecule has 2 bridgehead atoms. The van der Waals surface area contributed by atoms with E-state index in [-0.39, 0.29) is 18.7 Å². The second-order valence-electron chi connectivity index (χ2n) is 6.19. The van der Waals surface area contributed by atoms with E-state index in [1.165, 1.54) is 32.1 Å². The van der Waals surface area contributed by atoms with Crippen LogP contribution in [0.15, 0.2) is 0 Å². The van der Waals surface area contributed by atoms with Gasteiger partial charge in [-0.3, -0.25) is 4.79 Å². The molecule has 102 valence electrons. The molecule has 3 fully saturated rings. The average Bonchev–Trinajstić information content (AvgIpc) is 2.98. The summed E-state index contributed by atoms with van der Waals surface area (Å²) in [6.45, 7) is 2.66. The van der Waals surface area contributed by atoms with E-state index in [1.807, 2.05) is 6.92 Å².